The predicted molar refractivity (Wildman–Crippen MR) is 58.3 cm³/mol. The number of benzene rings is 1. The van der Waals surface area contributed by atoms with E-state index in [4.69, 9.17) is 10.00 Å². The van der Waals surface area contributed by atoms with Crippen LogP contribution in [-0.4, -0.2) is 32.0 Å². The Hall–Kier alpha value is -2.07. The molecule has 102 valence electrons. The lowest BCUT2D eigenvalue weighted by Gasteiger charge is -2.08. The third kappa shape index (κ3) is 5.88. The van der Waals surface area contributed by atoms with E-state index in [1.807, 2.05) is 6.07 Å². The lowest BCUT2D eigenvalue weighted by molar-refractivity contribution is -0.175. The molecule has 1 aromatic rings. The highest BCUT2D eigenvalue weighted by atomic mass is 19.4. The highest BCUT2D eigenvalue weighted by Gasteiger charge is 2.27. The maximum atomic E-state index is 11.7. The van der Waals surface area contributed by atoms with Crippen molar-refractivity contribution in [3.63, 3.8) is 0 Å². The number of alkyl halides is 3. The zero-order valence-corrected chi connectivity index (χ0v) is 9.74. The van der Waals surface area contributed by atoms with Gasteiger partial charge in [0.2, 0.25) is 0 Å². The number of hydrogen-bond acceptors (Lipinski definition) is 4. The molecule has 7 heteroatoms. The molecule has 0 unspecified atom stereocenters. The van der Waals surface area contributed by atoms with E-state index < -0.39 is 18.8 Å². The Bertz CT molecular complexity index is 480. The molecule has 0 radical (unpaired) electrons. The number of ether oxygens (including phenoxy) is 2. The molecule has 0 amide bonds. The molecule has 0 N–H and O–H groups in total. The second kappa shape index (κ2) is 6.75. The molecule has 0 aliphatic heterocycles. The molecule has 19 heavy (non-hydrogen) atoms. The Morgan fingerprint density at radius 1 is 1.32 bits per heavy atom. The van der Waals surface area contributed by atoms with E-state index in [1.54, 1.807) is 0 Å². The average Bonchev–Trinajstić information content (AvgIpc) is 2.37. The zero-order chi connectivity index (χ0) is 14.3. The van der Waals surface area contributed by atoms with Crippen LogP contribution >= 0.6 is 0 Å². The molecular formula is C12H10F3NO3. The van der Waals surface area contributed by atoms with Gasteiger partial charge < -0.3 is 9.47 Å². The van der Waals surface area contributed by atoms with E-state index in [9.17, 15) is 18.0 Å². The Balaban J connectivity index is 2.34. The van der Waals surface area contributed by atoms with Crippen LogP contribution in [0.1, 0.15) is 15.9 Å². The molecule has 0 aliphatic carbocycles. The molecule has 4 nitrogen and oxygen atoms in total. The summed E-state index contributed by atoms with van der Waals surface area (Å²) < 4.78 is 44.2. The summed E-state index contributed by atoms with van der Waals surface area (Å²) in [5.74, 6) is -0.715. The summed E-state index contributed by atoms with van der Waals surface area (Å²) in [5.41, 5.74) is 0.456. The van der Waals surface area contributed by atoms with E-state index in [0.29, 0.717) is 5.56 Å². The minimum atomic E-state index is -4.40. The number of rotatable bonds is 5. The van der Waals surface area contributed by atoms with Crippen molar-refractivity contribution in [3.8, 4) is 6.07 Å². The largest absolute Gasteiger partial charge is 0.460 e. The molecule has 0 fully saturated rings. The van der Waals surface area contributed by atoms with E-state index in [-0.39, 0.29) is 18.8 Å². The average molecular weight is 273 g/mol. The fourth-order valence-corrected chi connectivity index (χ4v) is 1.18. The van der Waals surface area contributed by atoms with Gasteiger partial charge in [-0.15, -0.1) is 0 Å². The van der Waals surface area contributed by atoms with Gasteiger partial charge in [0.25, 0.3) is 0 Å². The fraction of sp³-hybridized carbons (Fsp3) is 0.333. The maximum absolute atomic E-state index is 11.7. The summed E-state index contributed by atoms with van der Waals surface area (Å²) in [5, 5.41) is 8.64. The van der Waals surface area contributed by atoms with E-state index in [1.165, 1.54) is 24.3 Å². The quantitative estimate of drug-likeness (QED) is 0.610. The van der Waals surface area contributed by atoms with Gasteiger partial charge >= 0.3 is 12.1 Å². The van der Waals surface area contributed by atoms with Gasteiger partial charge in [-0.05, 0) is 18.2 Å². The first-order chi connectivity index (χ1) is 8.92. The van der Waals surface area contributed by atoms with E-state index >= 15 is 0 Å². The van der Waals surface area contributed by atoms with Gasteiger partial charge in [-0.25, -0.2) is 4.79 Å². The Morgan fingerprint density at radius 3 is 2.68 bits per heavy atom. The van der Waals surface area contributed by atoms with Crippen LogP contribution in [0, 0.1) is 11.3 Å². The van der Waals surface area contributed by atoms with Crippen molar-refractivity contribution in [2.24, 2.45) is 0 Å². The van der Waals surface area contributed by atoms with Gasteiger partial charge in [0.1, 0.15) is 13.2 Å². The van der Waals surface area contributed by atoms with Crippen LogP contribution < -0.4 is 0 Å². The summed E-state index contributed by atoms with van der Waals surface area (Å²) in [4.78, 5) is 11.5. The van der Waals surface area contributed by atoms with Gasteiger partial charge in [-0.3, -0.25) is 0 Å². The molecule has 0 spiro atoms. The molecule has 0 saturated carbocycles. The molecule has 0 bridgehead atoms. The van der Waals surface area contributed by atoms with Crippen molar-refractivity contribution in [1.82, 2.24) is 0 Å². The lowest BCUT2D eigenvalue weighted by Crippen LogP contribution is -2.19. The van der Waals surface area contributed by atoms with Crippen LogP contribution in [0.2, 0.25) is 0 Å². The Kier molecular flexibility index (Phi) is 5.33. The molecule has 0 heterocycles. The summed E-state index contributed by atoms with van der Waals surface area (Å²) in [6, 6.07) is 7.66. The van der Waals surface area contributed by atoms with Crippen LogP contribution in [0.5, 0.6) is 0 Å². The predicted octanol–water partition coefficient (Wildman–Crippen LogP) is 2.29. The second-order valence-corrected chi connectivity index (χ2v) is 3.50. The van der Waals surface area contributed by atoms with E-state index in [0.717, 1.165) is 0 Å². The van der Waals surface area contributed by atoms with Gasteiger partial charge in [-0.2, -0.15) is 18.4 Å². The summed E-state index contributed by atoms with van der Waals surface area (Å²) in [6.45, 7) is -2.01. The molecule has 0 atom stereocenters. The van der Waals surface area contributed by atoms with Crippen molar-refractivity contribution in [2.75, 3.05) is 19.8 Å². The third-order valence-electron chi connectivity index (χ3n) is 1.95. The molecule has 0 saturated heterocycles. The highest BCUT2D eigenvalue weighted by Crippen LogP contribution is 2.14. The van der Waals surface area contributed by atoms with Crippen LogP contribution in [0.25, 0.3) is 0 Å². The lowest BCUT2D eigenvalue weighted by atomic mass is 10.1. The van der Waals surface area contributed by atoms with Gasteiger partial charge in [0.15, 0.2) is 0 Å². The zero-order valence-electron chi connectivity index (χ0n) is 9.74. The summed E-state index contributed by atoms with van der Waals surface area (Å²) in [6.07, 6.45) is -4.40. The third-order valence-corrected chi connectivity index (χ3v) is 1.95. The number of hydrogen-bond donors (Lipinski definition) is 0. The van der Waals surface area contributed by atoms with Crippen LogP contribution in [-0.2, 0) is 9.47 Å². The second-order valence-electron chi connectivity index (χ2n) is 3.50. The SMILES string of the molecule is N#Cc1cccc(C(=O)OCCOCC(F)(F)F)c1. The molecule has 1 rings (SSSR count). The standard InChI is InChI=1S/C12H10F3NO3/c13-12(14,15)8-18-4-5-19-11(17)10-3-1-2-9(6-10)7-16/h1-3,6H,4-5,8H2. The first-order valence-corrected chi connectivity index (χ1v) is 5.24. The maximum Gasteiger partial charge on any atom is 0.411 e. The molecular weight excluding hydrogens is 263 g/mol. The first-order valence-electron chi connectivity index (χ1n) is 5.24. The fourth-order valence-electron chi connectivity index (χ4n) is 1.18. The molecule has 0 aromatic heterocycles. The van der Waals surface area contributed by atoms with Crippen molar-refractivity contribution in [2.45, 2.75) is 6.18 Å². The molecule has 1 aromatic carbocycles. The Morgan fingerprint density at radius 2 is 2.05 bits per heavy atom. The Labute approximate surface area is 107 Å². The van der Waals surface area contributed by atoms with Crippen LogP contribution in [0.15, 0.2) is 24.3 Å². The number of esters is 1. The van der Waals surface area contributed by atoms with Crippen LogP contribution in [0.4, 0.5) is 13.2 Å². The minimum absolute atomic E-state index is 0.162. The summed E-state index contributed by atoms with van der Waals surface area (Å²) >= 11 is 0. The number of nitrogens with zero attached hydrogens (tertiary/aromatic N) is 1. The number of carbonyl (C=O) groups is 1. The minimum Gasteiger partial charge on any atom is -0.460 e. The van der Waals surface area contributed by atoms with Crippen molar-refractivity contribution >= 4 is 5.97 Å². The molecule has 0 aliphatic rings. The topological polar surface area (TPSA) is 59.3 Å². The van der Waals surface area contributed by atoms with Crippen LogP contribution in [0.3, 0.4) is 0 Å². The smallest absolute Gasteiger partial charge is 0.411 e. The van der Waals surface area contributed by atoms with Crippen molar-refractivity contribution < 1.29 is 27.4 Å². The monoisotopic (exact) mass is 273 g/mol. The van der Waals surface area contributed by atoms with E-state index in [2.05, 4.69) is 4.74 Å². The number of nitriles is 1. The highest BCUT2D eigenvalue weighted by molar-refractivity contribution is 5.89. The number of carbonyl (C=O) groups excluding carboxylic acids is 1. The van der Waals surface area contributed by atoms with Crippen molar-refractivity contribution in [3.05, 3.63) is 35.4 Å². The first kappa shape index (κ1) is 15.0. The summed E-state index contributed by atoms with van der Waals surface area (Å²) in [7, 11) is 0. The normalized spacial score (nSPS) is 10.8. The van der Waals surface area contributed by atoms with Crippen molar-refractivity contribution in [1.29, 1.82) is 5.26 Å². The van der Waals surface area contributed by atoms with Gasteiger partial charge in [0.05, 0.1) is 23.8 Å². The number of halogens is 3. The van der Waals surface area contributed by atoms with Gasteiger partial charge in [0, 0.05) is 0 Å². The van der Waals surface area contributed by atoms with Gasteiger partial charge in [-0.1, -0.05) is 6.07 Å².